The van der Waals surface area contributed by atoms with E-state index in [-0.39, 0.29) is 24.0 Å². The Kier molecular flexibility index (Phi) is 14.7. The molecule has 0 radical (unpaired) electrons. The molecule has 1 aromatic carbocycles. The maximum absolute atomic E-state index is 8.63. The Balaban J connectivity index is -0.000000436. The van der Waals surface area contributed by atoms with Crippen LogP contribution in [0.1, 0.15) is 11.1 Å². The fourth-order valence-electron chi connectivity index (χ4n) is 1.97. The molecule has 0 heterocycles. The molecule has 0 atom stereocenters. The van der Waals surface area contributed by atoms with Crippen molar-refractivity contribution in [2.75, 3.05) is 49.3 Å². The maximum Gasteiger partial charge on any atom is 0.215 e. The first-order valence-electron chi connectivity index (χ1n) is 8.52. The van der Waals surface area contributed by atoms with Crippen LogP contribution in [0.5, 0.6) is 0 Å². The maximum atomic E-state index is 8.63. The van der Waals surface area contributed by atoms with Gasteiger partial charge < -0.3 is 37.5 Å². The topological polar surface area (TPSA) is 77.4 Å². The molecule has 1 N–H and O–H groups in total. The minimum absolute atomic E-state index is 0. The number of quaternary nitrogens is 2. The fraction of sp³-hybridized carbons (Fsp3) is 0.667. The highest BCUT2D eigenvalue weighted by Crippen LogP contribution is 2.18. The Hall–Kier alpha value is -0.0431. The van der Waals surface area contributed by atoms with Crippen LogP contribution >= 0.6 is 0 Å². The van der Waals surface area contributed by atoms with E-state index in [2.05, 4.69) is 93.2 Å². The smallest absolute Gasteiger partial charge is 0.215 e. The molecule has 1 aromatic rings. The minimum Gasteiger partial charge on any atom is -1.00 e. The lowest BCUT2D eigenvalue weighted by atomic mass is 10.1. The average molecular weight is 535 g/mol. The van der Waals surface area contributed by atoms with E-state index in [4.69, 9.17) is 17.5 Å². The molecule has 27 heavy (non-hydrogen) atoms. The fourth-order valence-corrected chi connectivity index (χ4v) is 3.45. The number of halogens is 1. The molecule has 0 fully saturated rings. The zero-order valence-corrected chi connectivity index (χ0v) is 22.6. The van der Waals surface area contributed by atoms with Crippen LogP contribution in [0.25, 0.3) is 0 Å². The summed E-state index contributed by atoms with van der Waals surface area (Å²) in [7, 11) is 9.34. The zero-order valence-electron chi connectivity index (χ0n) is 18.6. The summed E-state index contributed by atoms with van der Waals surface area (Å²) in [5, 5.41) is 0. The number of hydrogen-bond acceptors (Lipinski definition) is 3. The van der Waals surface area contributed by atoms with E-state index >= 15 is 0 Å². The second-order valence-corrected chi connectivity index (χ2v) is 16.4. The van der Waals surface area contributed by atoms with Crippen LogP contribution in [0.3, 0.4) is 0 Å². The van der Waals surface area contributed by atoms with Gasteiger partial charge in [-0.15, -0.1) is 0 Å². The van der Waals surface area contributed by atoms with Crippen molar-refractivity contribution >= 4 is 18.5 Å². The molecule has 0 aliphatic carbocycles. The lowest BCUT2D eigenvalue weighted by Crippen LogP contribution is -3.00. The summed E-state index contributed by atoms with van der Waals surface area (Å²) in [6.45, 7) is 8.45. The molecule has 0 amide bonds. The van der Waals surface area contributed by atoms with Crippen molar-refractivity contribution in [3.8, 4) is 0 Å². The Morgan fingerprint density at radius 3 is 1.48 bits per heavy atom. The third-order valence-corrected chi connectivity index (χ3v) is 3.93. The van der Waals surface area contributed by atoms with Crippen molar-refractivity contribution in [3.05, 3.63) is 35.4 Å². The first-order chi connectivity index (χ1) is 11.2. The molecule has 0 aliphatic heterocycles. The summed E-state index contributed by atoms with van der Waals surface area (Å²) in [5.74, 6) is 0. The van der Waals surface area contributed by atoms with Crippen molar-refractivity contribution in [2.24, 2.45) is 0 Å². The Morgan fingerprint density at radius 1 is 0.926 bits per heavy atom. The summed E-state index contributed by atoms with van der Waals surface area (Å²) in [5.41, 5.74) is 3.09. The van der Waals surface area contributed by atoms with Crippen LogP contribution in [0, 0.1) is 0 Å². The summed E-state index contributed by atoms with van der Waals surface area (Å²) in [6.07, 6.45) is 0. The van der Waals surface area contributed by atoms with Crippen molar-refractivity contribution in [3.63, 3.8) is 0 Å². The molecule has 9 heteroatoms. The van der Waals surface area contributed by atoms with Crippen LogP contribution in [0.4, 0.5) is 0 Å². The van der Waals surface area contributed by atoms with Gasteiger partial charge in [-0.1, -0.05) is 43.9 Å². The monoisotopic (exact) mass is 534 g/mol. The van der Waals surface area contributed by atoms with Gasteiger partial charge in [0, 0.05) is 13.6 Å². The highest BCUT2D eigenvalue weighted by Gasteiger charge is 2.18. The van der Waals surface area contributed by atoms with Gasteiger partial charge >= 0.3 is 0 Å². The van der Waals surface area contributed by atoms with Crippen LogP contribution in [-0.4, -0.2) is 83.9 Å². The molecule has 0 aliphatic rings. The quantitative estimate of drug-likeness (QED) is 0.188. The number of benzene rings is 1. The first kappa shape index (κ1) is 31.6. The van der Waals surface area contributed by atoms with Crippen LogP contribution < -0.4 is 24.0 Å². The van der Waals surface area contributed by atoms with Crippen LogP contribution in [0.2, 0.25) is 19.6 Å². The molecule has 0 spiro atoms. The third kappa shape index (κ3) is 33.9. The van der Waals surface area contributed by atoms with Gasteiger partial charge in [0.1, 0.15) is 6.54 Å². The first-order valence-corrected chi connectivity index (χ1v) is 13.6. The molecule has 162 valence electrons. The summed E-state index contributed by atoms with van der Waals surface area (Å²) < 4.78 is 34.8. The number of hydrogen-bond donors (Lipinski definition) is 1. The Bertz CT molecular complexity index is 585. The number of rotatable bonds is 4. The molecule has 0 unspecified atom stereocenters. The van der Waals surface area contributed by atoms with E-state index in [0.29, 0.717) is 0 Å². The van der Waals surface area contributed by atoms with Crippen molar-refractivity contribution in [1.29, 1.82) is 0 Å². The molecular formula is C18H39IN2O4SSi. The van der Waals surface area contributed by atoms with E-state index in [0.717, 1.165) is 15.5 Å². The molecule has 0 saturated heterocycles. The molecular weight excluding hydrogens is 495 g/mol. The lowest BCUT2D eigenvalue weighted by molar-refractivity contribution is -0.884. The van der Waals surface area contributed by atoms with Gasteiger partial charge in [-0.25, -0.2) is 8.42 Å². The highest BCUT2D eigenvalue weighted by molar-refractivity contribution is 7.79. The summed E-state index contributed by atoms with van der Waals surface area (Å²) in [4.78, 5) is 0. The minimum atomic E-state index is -4.92. The predicted molar refractivity (Wildman–Crippen MR) is 112 cm³/mol. The SMILES string of the molecule is C[N+](C)(C)C.C[N+](C)(C)Cc1ccccc1C[Si](C)(C)C.O=S(=O)([O-])O.[I-]. The van der Waals surface area contributed by atoms with Crippen molar-refractivity contribution in [2.45, 2.75) is 32.2 Å². The molecule has 0 saturated carbocycles. The van der Waals surface area contributed by atoms with Gasteiger partial charge in [-0.3, -0.25) is 4.55 Å². The van der Waals surface area contributed by atoms with Crippen molar-refractivity contribution in [1.82, 2.24) is 0 Å². The largest absolute Gasteiger partial charge is 1.00 e. The van der Waals surface area contributed by atoms with E-state index in [1.807, 2.05) is 0 Å². The Labute approximate surface area is 185 Å². The molecule has 6 nitrogen and oxygen atoms in total. The Morgan fingerprint density at radius 2 is 1.22 bits per heavy atom. The van der Waals surface area contributed by atoms with Gasteiger partial charge in [0.05, 0.1) is 49.3 Å². The van der Waals surface area contributed by atoms with Gasteiger partial charge in [-0.2, -0.15) is 0 Å². The highest BCUT2D eigenvalue weighted by atomic mass is 127. The second kappa shape index (κ2) is 12.5. The van der Waals surface area contributed by atoms with Gasteiger partial charge in [0.2, 0.25) is 10.4 Å². The van der Waals surface area contributed by atoms with Crippen molar-refractivity contribution < 1.29 is 50.5 Å². The van der Waals surface area contributed by atoms with Gasteiger partial charge in [0.25, 0.3) is 0 Å². The molecule has 0 aromatic heterocycles. The normalized spacial score (nSPS) is 12.0. The predicted octanol–water partition coefficient (Wildman–Crippen LogP) is -0.356. The summed E-state index contributed by atoms with van der Waals surface area (Å²) in [6, 6.07) is 10.2. The van der Waals surface area contributed by atoms with Crippen LogP contribution in [0.15, 0.2) is 24.3 Å². The van der Waals surface area contributed by atoms with E-state index in [1.165, 1.54) is 11.6 Å². The standard InChI is InChI=1S/C14H26NSi.C4H12N.HI.H2O4S/c1-15(2,3)11-13-9-7-8-10-14(13)12-16(4,5)6;1-5(2,3)4;;1-5(2,3)4/h7-10H,11-12H2,1-6H3;1-4H3;1H;(H2,1,2,3,4)/q2*+1;;/p-2. The van der Waals surface area contributed by atoms with Gasteiger partial charge in [-0.05, 0) is 11.6 Å². The summed E-state index contributed by atoms with van der Waals surface area (Å²) >= 11 is 0. The lowest BCUT2D eigenvalue weighted by Gasteiger charge is -2.26. The average Bonchev–Trinajstić information content (AvgIpc) is 2.23. The third-order valence-electron chi connectivity index (χ3n) is 2.48. The molecule has 1 rings (SSSR count). The van der Waals surface area contributed by atoms with Crippen LogP contribution in [-0.2, 0) is 23.0 Å². The zero-order chi connectivity index (χ0) is 21.4. The number of nitrogens with zero attached hydrogens (tertiary/aromatic N) is 2. The van der Waals surface area contributed by atoms with E-state index in [9.17, 15) is 0 Å². The van der Waals surface area contributed by atoms with E-state index in [1.54, 1.807) is 5.56 Å². The molecule has 0 bridgehead atoms. The van der Waals surface area contributed by atoms with Gasteiger partial charge in [0.15, 0.2) is 0 Å². The second-order valence-electron chi connectivity index (χ2n) is 10.1. The van der Waals surface area contributed by atoms with E-state index < -0.39 is 18.5 Å².